The summed E-state index contributed by atoms with van der Waals surface area (Å²) in [6, 6.07) is 3.91. The quantitative estimate of drug-likeness (QED) is 0.445. The van der Waals surface area contributed by atoms with Crippen LogP contribution in [0.5, 0.6) is 0 Å². The summed E-state index contributed by atoms with van der Waals surface area (Å²) in [5.74, 6) is 0.593. The molecule has 0 aromatic carbocycles. The van der Waals surface area contributed by atoms with E-state index < -0.39 is 11.8 Å². The second-order valence-corrected chi connectivity index (χ2v) is 9.34. The van der Waals surface area contributed by atoms with Gasteiger partial charge in [-0.2, -0.15) is 4.39 Å². The molecule has 0 aliphatic heterocycles. The maximum absolute atomic E-state index is 15.6. The molecule has 1 atom stereocenters. The molecule has 0 spiro atoms. The van der Waals surface area contributed by atoms with Crippen LogP contribution in [-0.4, -0.2) is 31.0 Å². The lowest BCUT2D eigenvalue weighted by Gasteiger charge is -2.42. The normalized spacial score (nSPS) is 22.8. The van der Waals surface area contributed by atoms with Crippen LogP contribution >= 0.6 is 11.3 Å². The van der Waals surface area contributed by atoms with Gasteiger partial charge in [-0.3, -0.25) is 0 Å². The van der Waals surface area contributed by atoms with Gasteiger partial charge in [0.2, 0.25) is 5.95 Å². The van der Waals surface area contributed by atoms with Crippen LogP contribution in [-0.2, 0) is 0 Å². The fraction of sp³-hybridized carbons (Fsp3) is 0.364. The predicted molar refractivity (Wildman–Crippen MR) is 116 cm³/mol. The summed E-state index contributed by atoms with van der Waals surface area (Å²) >= 11 is 1.42. The summed E-state index contributed by atoms with van der Waals surface area (Å²) < 4.78 is 29.3. The van der Waals surface area contributed by atoms with Crippen molar-refractivity contribution in [3.63, 3.8) is 0 Å². The average molecular weight is 439 g/mol. The van der Waals surface area contributed by atoms with E-state index in [4.69, 9.17) is 0 Å². The number of nitrogens with zero attached hydrogens (tertiary/aromatic N) is 4. The fourth-order valence-corrected chi connectivity index (χ4v) is 5.72. The lowest BCUT2D eigenvalue weighted by Crippen LogP contribution is -2.40. The van der Waals surface area contributed by atoms with Crippen LogP contribution in [0.15, 0.2) is 29.9 Å². The van der Waals surface area contributed by atoms with Crippen molar-refractivity contribution >= 4 is 28.3 Å². The van der Waals surface area contributed by atoms with Crippen LogP contribution in [0.1, 0.15) is 32.1 Å². The SMILES string of the molecule is Fc1cnc2[nH]cc(-c3nc(NC4CC5CCC4CC5)c(F)c(-c4cccs4)n3)c2n1. The van der Waals surface area contributed by atoms with E-state index in [1.54, 1.807) is 6.20 Å². The van der Waals surface area contributed by atoms with Crippen molar-refractivity contribution < 1.29 is 8.78 Å². The van der Waals surface area contributed by atoms with E-state index in [9.17, 15) is 4.39 Å². The van der Waals surface area contributed by atoms with Crippen molar-refractivity contribution in [3.8, 4) is 22.0 Å². The Bertz CT molecular complexity index is 1250. The van der Waals surface area contributed by atoms with E-state index in [0.717, 1.165) is 12.6 Å². The highest BCUT2D eigenvalue weighted by atomic mass is 32.1. The first kappa shape index (κ1) is 18.8. The van der Waals surface area contributed by atoms with Crippen LogP contribution in [0.3, 0.4) is 0 Å². The van der Waals surface area contributed by atoms with Crippen LogP contribution < -0.4 is 5.32 Å². The van der Waals surface area contributed by atoms with Crippen molar-refractivity contribution in [2.24, 2.45) is 11.8 Å². The minimum atomic E-state index is -0.689. The number of halogens is 2. The van der Waals surface area contributed by atoms with Gasteiger partial charge in [-0.05, 0) is 42.5 Å². The molecule has 7 rings (SSSR count). The Morgan fingerprint density at radius 1 is 1.10 bits per heavy atom. The van der Waals surface area contributed by atoms with E-state index in [-0.39, 0.29) is 17.6 Å². The molecule has 2 N–H and O–H groups in total. The van der Waals surface area contributed by atoms with Crippen molar-refractivity contribution in [3.05, 3.63) is 41.7 Å². The molecule has 3 aliphatic carbocycles. The highest BCUT2D eigenvalue weighted by molar-refractivity contribution is 7.13. The molecule has 3 aliphatic rings. The maximum atomic E-state index is 15.6. The van der Waals surface area contributed by atoms with Gasteiger partial charge in [0.05, 0.1) is 16.6 Å². The van der Waals surface area contributed by atoms with Crippen LogP contribution in [0, 0.1) is 23.6 Å². The van der Waals surface area contributed by atoms with Crippen LogP contribution in [0.2, 0.25) is 0 Å². The topological polar surface area (TPSA) is 79.4 Å². The third-order valence-electron chi connectivity index (χ3n) is 6.57. The van der Waals surface area contributed by atoms with Gasteiger partial charge in [0.1, 0.15) is 11.2 Å². The van der Waals surface area contributed by atoms with Crippen molar-refractivity contribution in [2.75, 3.05) is 5.32 Å². The zero-order valence-electron chi connectivity index (χ0n) is 16.6. The van der Waals surface area contributed by atoms with Gasteiger partial charge in [-0.1, -0.05) is 18.9 Å². The minimum Gasteiger partial charge on any atom is -0.364 e. The molecule has 9 heteroatoms. The number of hydrogen-bond donors (Lipinski definition) is 2. The molecular weight excluding hydrogens is 418 g/mol. The van der Waals surface area contributed by atoms with Crippen LogP contribution in [0.25, 0.3) is 33.1 Å². The smallest absolute Gasteiger partial charge is 0.232 e. The van der Waals surface area contributed by atoms with Gasteiger partial charge in [0.25, 0.3) is 0 Å². The highest BCUT2D eigenvalue weighted by Gasteiger charge is 2.36. The second kappa shape index (κ2) is 7.33. The van der Waals surface area contributed by atoms with E-state index in [2.05, 4.69) is 30.2 Å². The number of fused-ring (bicyclic) bond motifs is 4. The Morgan fingerprint density at radius 2 is 1.97 bits per heavy atom. The molecule has 2 bridgehead atoms. The molecule has 4 aromatic rings. The molecule has 0 radical (unpaired) electrons. The van der Waals surface area contributed by atoms with E-state index >= 15 is 4.39 Å². The second-order valence-electron chi connectivity index (χ2n) is 8.40. The Labute approximate surface area is 181 Å². The Hall–Kier alpha value is -2.94. The molecule has 4 heterocycles. The van der Waals surface area contributed by atoms with E-state index in [1.165, 1.54) is 37.0 Å². The summed E-state index contributed by atoms with van der Waals surface area (Å²) in [5.41, 5.74) is 1.49. The Morgan fingerprint density at radius 3 is 2.71 bits per heavy atom. The standard InChI is InChI=1S/C22H20F2N6S/c23-16-10-26-22-18(28-16)13(9-25-22)20-29-19(15-2-1-7-31-15)17(24)21(30-20)27-14-8-11-3-5-12(14)6-4-11/h1-2,7,9-12,14H,3-6,8H2,(H,25,26)(H,27,29,30). The maximum Gasteiger partial charge on any atom is 0.232 e. The number of thiophene rings is 1. The number of aromatic nitrogens is 5. The Balaban J connectivity index is 1.47. The first-order valence-electron chi connectivity index (χ1n) is 10.5. The molecule has 3 fully saturated rings. The van der Waals surface area contributed by atoms with Crippen molar-refractivity contribution in [1.29, 1.82) is 0 Å². The van der Waals surface area contributed by atoms with Gasteiger partial charge in [0.15, 0.2) is 23.1 Å². The highest BCUT2D eigenvalue weighted by Crippen LogP contribution is 2.43. The summed E-state index contributed by atoms with van der Waals surface area (Å²) in [4.78, 5) is 20.7. The van der Waals surface area contributed by atoms with Gasteiger partial charge in [-0.25, -0.2) is 24.3 Å². The molecule has 3 saturated carbocycles. The zero-order valence-corrected chi connectivity index (χ0v) is 17.4. The average Bonchev–Trinajstić information content (AvgIpc) is 3.46. The number of H-pyrrole nitrogens is 1. The molecule has 0 amide bonds. The Kier molecular flexibility index (Phi) is 4.45. The lowest BCUT2D eigenvalue weighted by atomic mass is 9.68. The minimum absolute atomic E-state index is 0.199. The van der Waals surface area contributed by atoms with Crippen molar-refractivity contribution in [2.45, 2.75) is 38.1 Å². The molecule has 0 saturated heterocycles. The van der Waals surface area contributed by atoms with Gasteiger partial charge < -0.3 is 10.3 Å². The summed E-state index contributed by atoms with van der Waals surface area (Å²) in [5, 5.41) is 5.29. The van der Waals surface area contributed by atoms with Crippen molar-refractivity contribution in [1.82, 2.24) is 24.9 Å². The third-order valence-corrected chi connectivity index (χ3v) is 7.44. The first-order valence-corrected chi connectivity index (χ1v) is 11.4. The fourth-order valence-electron chi connectivity index (χ4n) is 5.01. The number of anilines is 1. The number of hydrogen-bond acceptors (Lipinski definition) is 6. The van der Waals surface area contributed by atoms with Gasteiger partial charge in [-0.15, -0.1) is 11.3 Å². The summed E-state index contributed by atoms with van der Waals surface area (Å²) in [6.45, 7) is 0. The monoisotopic (exact) mass is 438 g/mol. The zero-order chi connectivity index (χ0) is 20.9. The predicted octanol–water partition coefficient (Wildman–Crippen LogP) is 5.41. The molecule has 4 aromatic heterocycles. The van der Waals surface area contributed by atoms with Gasteiger partial charge >= 0.3 is 0 Å². The third kappa shape index (κ3) is 3.27. The van der Waals surface area contributed by atoms with Gasteiger partial charge in [0, 0.05) is 12.2 Å². The molecular formula is C22H20F2N6S. The number of rotatable bonds is 4. The lowest BCUT2D eigenvalue weighted by molar-refractivity contribution is 0.157. The first-order chi connectivity index (χ1) is 15.2. The molecule has 158 valence electrons. The van der Waals surface area contributed by atoms with Crippen LogP contribution in [0.4, 0.5) is 14.6 Å². The summed E-state index contributed by atoms with van der Waals surface area (Å²) in [6.07, 6.45) is 8.62. The van der Waals surface area contributed by atoms with E-state index in [1.807, 2.05) is 17.5 Å². The summed E-state index contributed by atoms with van der Waals surface area (Å²) in [7, 11) is 0. The molecule has 1 unspecified atom stereocenters. The largest absolute Gasteiger partial charge is 0.364 e. The molecule has 31 heavy (non-hydrogen) atoms. The number of aromatic amines is 1. The molecule has 6 nitrogen and oxygen atoms in total. The van der Waals surface area contributed by atoms with E-state index in [0.29, 0.717) is 39.3 Å². The number of nitrogens with one attached hydrogen (secondary N) is 2.